The van der Waals surface area contributed by atoms with Gasteiger partial charge in [-0.3, -0.25) is 10.1 Å². The molecule has 0 fully saturated rings. The minimum atomic E-state index is -0.702. The number of benzene rings is 2. The van der Waals surface area contributed by atoms with E-state index in [1.54, 1.807) is 6.08 Å². The molecule has 0 saturated heterocycles. The van der Waals surface area contributed by atoms with Crippen molar-refractivity contribution in [3.63, 3.8) is 0 Å². The Hall–Kier alpha value is -2.66. The lowest BCUT2D eigenvalue weighted by Gasteiger charge is -2.04. The van der Waals surface area contributed by atoms with Gasteiger partial charge in [0.15, 0.2) is 0 Å². The number of halogens is 1. The molecule has 0 heterocycles. The van der Waals surface area contributed by atoms with Gasteiger partial charge in [0.25, 0.3) is 5.69 Å². The van der Waals surface area contributed by atoms with Crippen LogP contribution in [0.1, 0.15) is 15.9 Å². The van der Waals surface area contributed by atoms with Crippen molar-refractivity contribution >= 4 is 29.3 Å². The van der Waals surface area contributed by atoms with Crippen LogP contribution in [-0.4, -0.2) is 17.5 Å². The van der Waals surface area contributed by atoms with Crippen molar-refractivity contribution in [2.75, 3.05) is 6.61 Å². The standard InChI is InChI=1S/C16H12ClNO4/c17-15-9-8-13(18(20)21)11-14(15)16(19)22-10-4-7-12-5-2-1-3-6-12/h1-9,11H,10H2/b7-4+. The van der Waals surface area contributed by atoms with E-state index < -0.39 is 10.9 Å². The number of rotatable bonds is 5. The van der Waals surface area contributed by atoms with Gasteiger partial charge in [0.2, 0.25) is 0 Å². The fourth-order valence-electron chi connectivity index (χ4n) is 1.73. The number of hydrogen-bond acceptors (Lipinski definition) is 4. The molecule has 0 amide bonds. The molecule has 0 saturated carbocycles. The summed E-state index contributed by atoms with van der Waals surface area (Å²) >= 11 is 5.86. The molecule has 0 aliphatic carbocycles. The Bertz CT molecular complexity index is 713. The van der Waals surface area contributed by atoms with Crippen LogP contribution < -0.4 is 0 Å². The molecule has 112 valence electrons. The molecule has 0 unspecified atom stereocenters. The van der Waals surface area contributed by atoms with Gasteiger partial charge in [-0.15, -0.1) is 0 Å². The van der Waals surface area contributed by atoms with Crippen LogP contribution >= 0.6 is 11.6 Å². The first-order valence-corrected chi connectivity index (χ1v) is 6.78. The maximum atomic E-state index is 11.9. The Morgan fingerprint density at radius 2 is 1.95 bits per heavy atom. The summed E-state index contributed by atoms with van der Waals surface area (Å²) in [5.74, 6) is -0.702. The Balaban J connectivity index is 1.99. The predicted octanol–water partition coefficient (Wildman–Crippen LogP) is 4.12. The zero-order valence-corrected chi connectivity index (χ0v) is 12.2. The lowest BCUT2D eigenvalue weighted by atomic mass is 10.2. The van der Waals surface area contributed by atoms with Crippen molar-refractivity contribution in [3.05, 3.63) is 80.9 Å². The van der Waals surface area contributed by atoms with Crippen molar-refractivity contribution in [3.8, 4) is 0 Å². The molecule has 2 aromatic rings. The minimum Gasteiger partial charge on any atom is -0.458 e. The number of carbonyl (C=O) groups is 1. The summed E-state index contributed by atoms with van der Waals surface area (Å²) in [5.41, 5.74) is 0.743. The quantitative estimate of drug-likeness (QED) is 0.472. The maximum absolute atomic E-state index is 11.9. The van der Waals surface area contributed by atoms with Crippen LogP contribution in [0.25, 0.3) is 6.08 Å². The summed E-state index contributed by atoms with van der Waals surface area (Å²) in [5, 5.41) is 10.8. The molecule has 2 aromatic carbocycles. The van der Waals surface area contributed by atoms with Gasteiger partial charge in [-0.2, -0.15) is 0 Å². The van der Waals surface area contributed by atoms with E-state index in [0.29, 0.717) is 0 Å². The van der Waals surface area contributed by atoms with Crippen molar-refractivity contribution in [1.82, 2.24) is 0 Å². The molecule has 0 aromatic heterocycles. The number of carbonyl (C=O) groups excluding carboxylic acids is 1. The third-order valence-corrected chi connectivity index (χ3v) is 3.13. The lowest BCUT2D eigenvalue weighted by Crippen LogP contribution is -2.06. The zero-order valence-electron chi connectivity index (χ0n) is 11.4. The summed E-state index contributed by atoms with van der Waals surface area (Å²) in [6.45, 7) is 0.0484. The van der Waals surface area contributed by atoms with Crippen LogP contribution in [0, 0.1) is 10.1 Å². The lowest BCUT2D eigenvalue weighted by molar-refractivity contribution is -0.384. The highest BCUT2D eigenvalue weighted by atomic mass is 35.5. The molecular weight excluding hydrogens is 306 g/mol. The van der Waals surface area contributed by atoms with Gasteiger partial charge in [-0.1, -0.05) is 48.0 Å². The van der Waals surface area contributed by atoms with Crippen molar-refractivity contribution in [2.24, 2.45) is 0 Å². The highest BCUT2D eigenvalue weighted by Gasteiger charge is 2.16. The Kier molecular flexibility index (Phi) is 5.27. The maximum Gasteiger partial charge on any atom is 0.340 e. The monoisotopic (exact) mass is 317 g/mol. The molecule has 0 atom stereocenters. The molecule has 0 aliphatic rings. The molecule has 22 heavy (non-hydrogen) atoms. The molecule has 0 spiro atoms. The second kappa shape index (κ2) is 7.38. The average molecular weight is 318 g/mol. The molecule has 5 nitrogen and oxygen atoms in total. The Morgan fingerprint density at radius 3 is 2.64 bits per heavy atom. The van der Waals surface area contributed by atoms with Crippen LogP contribution in [0.2, 0.25) is 5.02 Å². The normalized spacial score (nSPS) is 10.6. The van der Waals surface area contributed by atoms with Crippen LogP contribution in [0.3, 0.4) is 0 Å². The highest BCUT2D eigenvalue weighted by molar-refractivity contribution is 6.33. The Labute approximate surface area is 131 Å². The van der Waals surface area contributed by atoms with E-state index in [1.807, 2.05) is 36.4 Å². The predicted molar refractivity (Wildman–Crippen MR) is 83.9 cm³/mol. The van der Waals surface area contributed by atoms with Crippen LogP contribution in [0.5, 0.6) is 0 Å². The fourth-order valence-corrected chi connectivity index (χ4v) is 1.93. The summed E-state index contributed by atoms with van der Waals surface area (Å²) < 4.78 is 5.03. The van der Waals surface area contributed by atoms with E-state index in [2.05, 4.69) is 0 Å². The first-order chi connectivity index (χ1) is 10.6. The SMILES string of the molecule is O=C(OC/C=C/c1ccccc1)c1cc([N+](=O)[O-])ccc1Cl. The molecule has 0 N–H and O–H groups in total. The number of nitro benzene ring substituents is 1. The van der Waals surface area contributed by atoms with Crippen molar-refractivity contribution in [2.45, 2.75) is 0 Å². The number of ether oxygens (including phenoxy) is 1. The van der Waals surface area contributed by atoms with Gasteiger partial charge < -0.3 is 4.74 Å². The van der Waals surface area contributed by atoms with Crippen LogP contribution in [0.15, 0.2) is 54.6 Å². The van der Waals surface area contributed by atoms with Gasteiger partial charge in [0.05, 0.1) is 15.5 Å². The summed E-state index contributed by atoms with van der Waals surface area (Å²) in [6, 6.07) is 13.2. The van der Waals surface area contributed by atoms with Gasteiger partial charge in [-0.25, -0.2) is 4.79 Å². The third kappa shape index (κ3) is 4.17. The number of nitro groups is 1. The van der Waals surface area contributed by atoms with E-state index in [0.717, 1.165) is 11.6 Å². The van der Waals surface area contributed by atoms with Crippen LogP contribution in [0.4, 0.5) is 5.69 Å². The first-order valence-electron chi connectivity index (χ1n) is 6.40. The molecule has 2 rings (SSSR count). The summed E-state index contributed by atoms with van der Waals surface area (Å²) in [7, 11) is 0. The molecule has 0 aliphatic heterocycles. The van der Waals surface area contributed by atoms with Gasteiger partial charge in [-0.05, 0) is 17.7 Å². The second-order valence-electron chi connectivity index (χ2n) is 4.33. The largest absolute Gasteiger partial charge is 0.458 e. The highest BCUT2D eigenvalue weighted by Crippen LogP contribution is 2.22. The molecular formula is C16H12ClNO4. The van der Waals surface area contributed by atoms with E-state index in [9.17, 15) is 14.9 Å². The molecule has 0 radical (unpaired) electrons. The first kappa shape index (κ1) is 15.7. The smallest absolute Gasteiger partial charge is 0.340 e. The second-order valence-corrected chi connectivity index (χ2v) is 4.74. The summed E-state index contributed by atoms with van der Waals surface area (Å²) in [6.07, 6.45) is 3.49. The van der Waals surface area contributed by atoms with E-state index in [4.69, 9.17) is 16.3 Å². The minimum absolute atomic E-state index is 0.0241. The number of nitrogens with zero attached hydrogens (tertiary/aromatic N) is 1. The van der Waals surface area contributed by atoms with E-state index in [-0.39, 0.29) is 22.9 Å². The number of non-ortho nitro benzene ring substituents is 1. The zero-order chi connectivity index (χ0) is 15.9. The van der Waals surface area contributed by atoms with E-state index >= 15 is 0 Å². The van der Waals surface area contributed by atoms with Crippen LogP contribution in [-0.2, 0) is 4.74 Å². The average Bonchev–Trinajstić information content (AvgIpc) is 2.52. The number of esters is 1. The molecule has 0 bridgehead atoms. The van der Waals surface area contributed by atoms with Gasteiger partial charge >= 0.3 is 5.97 Å². The van der Waals surface area contributed by atoms with E-state index in [1.165, 1.54) is 12.1 Å². The molecule has 6 heteroatoms. The fraction of sp³-hybridized carbons (Fsp3) is 0.0625. The number of hydrogen-bond donors (Lipinski definition) is 0. The van der Waals surface area contributed by atoms with Crippen molar-refractivity contribution < 1.29 is 14.5 Å². The van der Waals surface area contributed by atoms with Gasteiger partial charge in [0.1, 0.15) is 6.61 Å². The van der Waals surface area contributed by atoms with Crippen molar-refractivity contribution in [1.29, 1.82) is 0 Å². The topological polar surface area (TPSA) is 69.4 Å². The summed E-state index contributed by atoms with van der Waals surface area (Å²) in [4.78, 5) is 22.0. The van der Waals surface area contributed by atoms with Gasteiger partial charge in [0, 0.05) is 12.1 Å². The Morgan fingerprint density at radius 1 is 1.23 bits per heavy atom. The third-order valence-electron chi connectivity index (χ3n) is 2.80.